The van der Waals surface area contributed by atoms with E-state index in [0.29, 0.717) is 17.1 Å². The molecule has 0 aliphatic rings. The number of carbonyl (C=O) groups excluding carboxylic acids is 1. The fourth-order valence-electron chi connectivity index (χ4n) is 2.70. The number of hydrogen-bond acceptors (Lipinski definition) is 5. The number of nitrogens with one attached hydrogen (secondary N) is 1. The molecule has 156 valence electrons. The average molecular weight is 446 g/mol. The molecule has 1 heterocycles. The fourth-order valence-corrected chi connectivity index (χ4v) is 4.09. The van der Waals surface area contributed by atoms with Gasteiger partial charge in [0.05, 0.1) is 40.5 Å². The molecule has 0 unspecified atom stereocenters. The fraction of sp³-hybridized carbons (Fsp3) is 0.143. The zero-order valence-electron chi connectivity index (χ0n) is 16.4. The summed E-state index contributed by atoms with van der Waals surface area (Å²) < 4.78 is 32.1. The first-order valence-corrected chi connectivity index (χ1v) is 10.8. The van der Waals surface area contributed by atoms with Crippen LogP contribution < -0.4 is 14.4 Å². The van der Waals surface area contributed by atoms with Gasteiger partial charge in [0, 0.05) is 13.2 Å². The summed E-state index contributed by atoms with van der Waals surface area (Å²) in [4.78, 5) is 16.8. The van der Waals surface area contributed by atoms with Gasteiger partial charge in [-0.05, 0) is 54.6 Å². The zero-order valence-corrected chi connectivity index (χ0v) is 17.9. The van der Waals surface area contributed by atoms with Crippen LogP contribution in [0.1, 0.15) is 16.1 Å². The number of anilines is 1. The van der Waals surface area contributed by atoms with Gasteiger partial charge in [-0.15, -0.1) is 0 Å². The third kappa shape index (κ3) is 4.72. The molecule has 0 radical (unpaired) electrons. The molecular weight excluding hydrogens is 426 g/mol. The van der Waals surface area contributed by atoms with E-state index in [4.69, 9.17) is 16.3 Å². The zero-order chi connectivity index (χ0) is 21.7. The number of pyridine rings is 1. The van der Waals surface area contributed by atoms with Crippen molar-refractivity contribution in [2.24, 2.45) is 0 Å². The summed E-state index contributed by atoms with van der Waals surface area (Å²) in [6.45, 7) is 0.222. The van der Waals surface area contributed by atoms with E-state index in [1.54, 1.807) is 36.5 Å². The Balaban J connectivity index is 1.83. The van der Waals surface area contributed by atoms with Gasteiger partial charge < -0.3 is 10.1 Å². The molecule has 0 spiro atoms. The molecule has 0 aliphatic carbocycles. The minimum Gasteiger partial charge on any atom is -0.497 e. The first-order chi connectivity index (χ1) is 14.3. The predicted octanol–water partition coefficient (Wildman–Crippen LogP) is 3.50. The van der Waals surface area contributed by atoms with E-state index in [9.17, 15) is 13.2 Å². The lowest BCUT2D eigenvalue weighted by atomic mass is 10.2. The molecule has 1 N–H and O–H groups in total. The molecule has 2 aromatic carbocycles. The Morgan fingerprint density at radius 3 is 2.50 bits per heavy atom. The standard InChI is InChI=1S/C21H20ClN3O4S/c1-25(30(27,28)18-9-7-17(29-2)8-10-18)16-6-11-20(22)19(13-16)21(26)24-14-15-5-3-4-12-23-15/h3-13H,14H2,1-2H3,(H,24,26). The summed E-state index contributed by atoms with van der Waals surface area (Å²) in [5, 5.41) is 2.95. The van der Waals surface area contributed by atoms with Crippen LogP contribution in [0.3, 0.4) is 0 Å². The average Bonchev–Trinajstić information content (AvgIpc) is 2.78. The van der Waals surface area contributed by atoms with E-state index in [0.717, 1.165) is 4.31 Å². The molecule has 30 heavy (non-hydrogen) atoms. The number of halogens is 1. The summed E-state index contributed by atoms with van der Waals surface area (Å²) in [7, 11) is -0.916. The van der Waals surface area contributed by atoms with Crippen LogP contribution >= 0.6 is 11.6 Å². The number of aromatic nitrogens is 1. The normalized spacial score (nSPS) is 11.0. The van der Waals surface area contributed by atoms with E-state index in [2.05, 4.69) is 10.3 Å². The lowest BCUT2D eigenvalue weighted by Crippen LogP contribution is -2.28. The quantitative estimate of drug-likeness (QED) is 0.601. The molecule has 0 fully saturated rings. The van der Waals surface area contributed by atoms with Crippen LogP contribution in [-0.4, -0.2) is 33.5 Å². The maximum absolute atomic E-state index is 13.0. The van der Waals surface area contributed by atoms with Gasteiger partial charge in [-0.1, -0.05) is 17.7 Å². The van der Waals surface area contributed by atoms with Crippen LogP contribution in [0, 0.1) is 0 Å². The Hall–Kier alpha value is -3.10. The lowest BCUT2D eigenvalue weighted by molar-refractivity contribution is 0.0950. The Kier molecular flexibility index (Phi) is 6.59. The van der Waals surface area contributed by atoms with E-state index >= 15 is 0 Å². The van der Waals surface area contributed by atoms with Crippen LogP contribution in [0.4, 0.5) is 5.69 Å². The van der Waals surface area contributed by atoms with Gasteiger partial charge in [-0.2, -0.15) is 0 Å². The van der Waals surface area contributed by atoms with Crippen molar-refractivity contribution in [3.63, 3.8) is 0 Å². The first-order valence-electron chi connectivity index (χ1n) is 8.93. The Morgan fingerprint density at radius 2 is 1.87 bits per heavy atom. The van der Waals surface area contributed by atoms with E-state index in [1.807, 2.05) is 6.07 Å². The molecular formula is C21H20ClN3O4S. The molecule has 1 amide bonds. The van der Waals surface area contributed by atoms with Crippen molar-refractivity contribution in [3.8, 4) is 5.75 Å². The number of methoxy groups -OCH3 is 1. The Bertz CT molecular complexity index is 1140. The molecule has 0 saturated carbocycles. The molecule has 0 aliphatic heterocycles. The maximum atomic E-state index is 13.0. The van der Waals surface area contributed by atoms with Crippen LogP contribution in [0.2, 0.25) is 5.02 Å². The van der Waals surface area contributed by atoms with Gasteiger partial charge in [-0.25, -0.2) is 8.42 Å². The highest BCUT2D eigenvalue weighted by atomic mass is 35.5. The van der Waals surface area contributed by atoms with E-state index < -0.39 is 15.9 Å². The van der Waals surface area contributed by atoms with Crippen molar-refractivity contribution in [2.75, 3.05) is 18.5 Å². The second-order valence-electron chi connectivity index (χ2n) is 6.32. The van der Waals surface area contributed by atoms with Crippen molar-refractivity contribution < 1.29 is 17.9 Å². The summed E-state index contributed by atoms with van der Waals surface area (Å²) in [6, 6.07) is 15.9. The van der Waals surface area contributed by atoms with Crippen LogP contribution in [0.5, 0.6) is 5.75 Å². The number of ether oxygens (including phenoxy) is 1. The van der Waals surface area contributed by atoms with Crippen molar-refractivity contribution in [1.29, 1.82) is 0 Å². The number of sulfonamides is 1. The van der Waals surface area contributed by atoms with Gasteiger partial charge >= 0.3 is 0 Å². The summed E-state index contributed by atoms with van der Waals surface area (Å²) in [6.07, 6.45) is 1.63. The summed E-state index contributed by atoms with van der Waals surface area (Å²) >= 11 is 6.18. The van der Waals surface area contributed by atoms with Crippen molar-refractivity contribution in [1.82, 2.24) is 10.3 Å². The highest BCUT2D eigenvalue weighted by Crippen LogP contribution is 2.27. The van der Waals surface area contributed by atoms with Gasteiger partial charge in [0.25, 0.3) is 15.9 Å². The van der Waals surface area contributed by atoms with E-state index in [-0.39, 0.29) is 22.0 Å². The SMILES string of the molecule is COc1ccc(S(=O)(=O)N(C)c2ccc(Cl)c(C(=O)NCc3ccccn3)c2)cc1. The van der Waals surface area contributed by atoms with Gasteiger partial charge in [0.15, 0.2) is 0 Å². The second kappa shape index (κ2) is 9.15. The Labute approximate surface area is 180 Å². The second-order valence-corrected chi connectivity index (χ2v) is 8.69. The molecule has 3 rings (SSSR count). The number of hydrogen-bond donors (Lipinski definition) is 1. The topological polar surface area (TPSA) is 88.6 Å². The van der Waals surface area contributed by atoms with Gasteiger partial charge in [0.1, 0.15) is 5.75 Å². The third-order valence-electron chi connectivity index (χ3n) is 4.43. The maximum Gasteiger partial charge on any atom is 0.264 e. The smallest absolute Gasteiger partial charge is 0.264 e. The molecule has 0 atom stereocenters. The van der Waals surface area contributed by atoms with Gasteiger partial charge in [0.2, 0.25) is 0 Å². The summed E-state index contributed by atoms with van der Waals surface area (Å²) in [5.74, 6) is 0.123. The summed E-state index contributed by atoms with van der Waals surface area (Å²) in [5.41, 5.74) is 1.16. The highest BCUT2D eigenvalue weighted by molar-refractivity contribution is 7.92. The van der Waals surface area contributed by atoms with Crippen molar-refractivity contribution >= 4 is 33.2 Å². The number of carbonyl (C=O) groups is 1. The number of rotatable bonds is 7. The van der Waals surface area contributed by atoms with E-state index in [1.165, 1.54) is 38.4 Å². The predicted molar refractivity (Wildman–Crippen MR) is 115 cm³/mol. The molecule has 3 aromatic rings. The van der Waals surface area contributed by atoms with Crippen LogP contribution in [0.25, 0.3) is 0 Å². The largest absolute Gasteiger partial charge is 0.497 e. The lowest BCUT2D eigenvalue weighted by Gasteiger charge is -2.20. The molecule has 7 nitrogen and oxygen atoms in total. The third-order valence-corrected chi connectivity index (χ3v) is 6.56. The molecule has 0 saturated heterocycles. The number of nitrogens with zero attached hydrogens (tertiary/aromatic N) is 2. The van der Waals surface area contributed by atoms with Crippen LogP contribution in [-0.2, 0) is 16.6 Å². The number of amides is 1. The van der Waals surface area contributed by atoms with Crippen LogP contribution in [0.15, 0.2) is 71.8 Å². The van der Waals surface area contributed by atoms with Crippen molar-refractivity contribution in [3.05, 3.63) is 83.1 Å². The highest BCUT2D eigenvalue weighted by Gasteiger charge is 2.23. The molecule has 9 heteroatoms. The van der Waals surface area contributed by atoms with Gasteiger partial charge in [-0.3, -0.25) is 14.1 Å². The monoisotopic (exact) mass is 445 g/mol. The number of benzene rings is 2. The molecule has 0 bridgehead atoms. The minimum absolute atomic E-state index is 0.0990. The first kappa shape index (κ1) is 21.6. The molecule has 1 aromatic heterocycles. The Morgan fingerprint density at radius 1 is 1.13 bits per heavy atom. The van der Waals surface area contributed by atoms with Crippen molar-refractivity contribution in [2.45, 2.75) is 11.4 Å². The minimum atomic E-state index is -3.83.